The number of thioether (sulfide) groups is 1. The highest BCUT2D eigenvalue weighted by molar-refractivity contribution is 8.00. The molecular formula is C18H20OS. The van der Waals surface area contributed by atoms with E-state index in [0.717, 1.165) is 17.7 Å². The second kappa shape index (κ2) is 7.91. The van der Waals surface area contributed by atoms with E-state index in [2.05, 4.69) is 31.2 Å². The first kappa shape index (κ1) is 14.9. The molecule has 0 saturated carbocycles. The van der Waals surface area contributed by atoms with Gasteiger partial charge >= 0.3 is 0 Å². The van der Waals surface area contributed by atoms with Crippen LogP contribution in [0.25, 0.3) is 0 Å². The molecule has 0 N–H and O–H groups in total. The highest BCUT2D eigenvalue weighted by Crippen LogP contribution is 2.27. The lowest BCUT2D eigenvalue weighted by Gasteiger charge is -2.15. The Labute approximate surface area is 125 Å². The molecule has 0 amide bonds. The Kier molecular flexibility index (Phi) is 5.87. The number of carbonyl (C=O) groups is 1. The molecular weight excluding hydrogens is 264 g/mol. The van der Waals surface area contributed by atoms with E-state index in [9.17, 15) is 4.79 Å². The zero-order valence-electron chi connectivity index (χ0n) is 11.8. The van der Waals surface area contributed by atoms with E-state index < -0.39 is 0 Å². The van der Waals surface area contributed by atoms with Crippen LogP contribution < -0.4 is 0 Å². The molecule has 0 bridgehead atoms. The maximum Gasteiger partial charge on any atom is 0.146 e. The second-order valence-corrected chi connectivity index (χ2v) is 6.10. The quantitative estimate of drug-likeness (QED) is 0.682. The first-order valence-electron chi connectivity index (χ1n) is 7.08. The standard InChI is InChI=1S/C18H20OS/c1-2-9-17(19)18(14-15-10-5-3-6-11-15)20-16-12-7-4-8-13-16/h3-8,10-13,18H,2,9,14H2,1H3. The number of hydrogen-bond donors (Lipinski definition) is 0. The molecule has 0 fully saturated rings. The van der Waals surface area contributed by atoms with Gasteiger partial charge in [-0.25, -0.2) is 0 Å². The molecule has 20 heavy (non-hydrogen) atoms. The third-order valence-corrected chi connectivity index (χ3v) is 4.40. The van der Waals surface area contributed by atoms with Gasteiger partial charge in [0.05, 0.1) is 5.25 Å². The van der Waals surface area contributed by atoms with Crippen molar-refractivity contribution in [2.24, 2.45) is 0 Å². The van der Waals surface area contributed by atoms with Crippen molar-refractivity contribution in [3.8, 4) is 0 Å². The molecule has 0 radical (unpaired) electrons. The predicted octanol–water partition coefficient (Wildman–Crippen LogP) is 4.76. The summed E-state index contributed by atoms with van der Waals surface area (Å²) in [4.78, 5) is 13.5. The zero-order valence-corrected chi connectivity index (χ0v) is 12.6. The Morgan fingerprint density at radius 3 is 2.20 bits per heavy atom. The average Bonchev–Trinajstić information content (AvgIpc) is 2.49. The van der Waals surface area contributed by atoms with Crippen molar-refractivity contribution in [3.05, 3.63) is 66.2 Å². The maximum atomic E-state index is 12.3. The Morgan fingerprint density at radius 2 is 1.60 bits per heavy atom. The van der Waals surface area contributed by atoms with Crippen molar-refractivity contribution in [1.29, 1.82) is 0 Å². The van der Waals surface area contributed by atoms with Crippen LogP contribution in [0.4, 0.5) is 0 Å². The first-order valence-corrected chi connectivity index (χ1v) is 7.96. The van der Waals surface area contributed by atoms with E-state index in [1.165, 1.54) is 5.56 Å². The van der Waals surface area contributed by atoms with Crippen LogP contribution in [0.5, 0.6) is 0 Å². The molecule has 0 aliphatic rings. The number of ketones is 1. The Balaban J connectivity index is 2.10. The normalized spacial score (nSPS) is 12.1. The Hall–Kier alpha value is -1.54. The third-order valence-electron chi connectivity index (χ3n) is 3.14. The molecule has 1 unspecified atom stereocenters. The van der Waals surface area contributed by atoms with Crippen molar-refractivity contribution in [1.82, 2.24) is 0 Å². The summed E-state index contributed by atoms with van der Waals surface area (Å²) < 4.78 is 0. The van der Waals surface area contributed by atoms with E-state index in [4.69, 9.17) is 0 Å². The van der Waals surface area contributed by atoms with E-state index in [0.29, 0.717) is 12.2 Å². The molecule has 2 aromatic carbocycles. The number of hydrogen-bond acceptors (Lipinski definition) is 2. The first-order chi connectivity index (χ1) is 9.79. The van der Waals surface area contributed by atoms with Crippen LogP contribution in [0.3, 0.4) is 0 Å². The Bertz CT molecular complexity index is 480. The maximum absolute atomic E-state index is 12.3. The second-order valence-electron chi connectivity index (χ2n) is 4.83. The minimum Gasteiger partial charge on any atom is -0.298 e. The van der Waals surface area contributed by atoms with Crippen LogP contribution in [0.2, 0.25) is 0 Å². The predicted molar refractivity (Wildman–Crippen MR) is 86.1 cm³/mol. The molecule has 2 heteroatoms. The van der Waals surface area contributed by atoms with Crippen LogP contribution in [-0.4, -0.2) is 11.0 Å². The molecule has 0 spiro atoms. The fourth-order valence-corrected chi connectivity index (χ4v) is 3.29. The fourth-order valence-electron chi connectivity index (χ4n) is 2.12. The lowest BCUT2D eigenvalue weighted by Crippen LogP contribution is -2.19. The van der Waals surface area contributed by atoms with Crippen LogP contribution in [-0.2, 0) is 11.2 Å². The number of rotatable bonds is 7. The monoisotopic (exact) mass is 284 g/mol. The van der Waals surface area contributed by atoms with Crippen molar-refractivity contribution in [2.45, 2.75) is 36.3 Å². The summed E-state index contributed by atoms with van der Waals surface area (Å²) in [6.45, 7) is 2.06. The molecule has 1 nitrogen and oxygen atoms in total. The van der Waals surface area contributed by atoms with Gasteiger partial charge in [-0.1, -0.05) is 55.5 Å². The molecule has 0 saturated heterocycles. The summed E-state index contributed by atoms with van der Waals surface area (Å²) in [6.07, 6.45) is 2.38. The SMILES string of the molecule is CCCC(=O)C(Cc1ccccc1)Sc1ccccc1. The summed E-state index contributed by atoms with van der Waals surface area (Å²) in [5.74, 6) is 0.352. The van der Waals surface area contributed by atoms with Gasteiger partial charge in [0.1, 0.15) is 5.78 Å². The third kappa shape index (κ3) is 4.53. The van der Waals surface area contributed by atoms with Gasteiger partial charge < -0.3 is 0 Å². The van der Waals surface area contributed by atoms with Gasteiger partial charge in [-0.15, -0.1) is 11.8 Å². The summed E-state index contributed by atoms with van der Waals surface area (Å²) in [7, 11) is 0. The van der Waals surface area contributed by atoms with Crippen molar-refractivity contribution in [3.63, 3.8) is 0 Å². The minimum absolute atomic E-state index is 0.0137. The Morgan fingerprint density at radius 1 is 1.00 bits per heavy atom. The van der Waals surface area contributed by atoms with E-state index in [-0.39, 0.29) is 5.25 Å². The van der Waals surface area contributed by atoms with Gasteiger partial charge in [0.25, 0.3) is 0 Å². The van der Waals surface area contributed by atoms with Crippen molar-refractivity contribution >= 4 is 17.5 Å². The summed E-state index contributed by atoms with van der Waals surface area (Å²) >= 11 is 1.68. The van der Waals surface area contributed by atoms with Gasteiger partial charge in [0.15, 0.2) is 0 Å². The molecule has 0 aliphatic carbocycles. The molecule has 1 atom stereocenters. The van der Waals surface area contributed by atoms with Crippen molar-refractivity contribution in [2.75, 3.05) is 0 Å². The smallest absolute Gasteiger partial charge is 0.146 e. The van der Waals surface area contributed by atoms with Gasteiger partial charge in [-0.2, -0.15) is 0 Å². The number of Topliss-reactive ketones (excluding diaryl/α,β-unsaturated/α-hetero) is 1. The van der Waals surface area contributed by atoms with E-state index in [1.54, 1.807) is 11.8 Å². The largest absolute Gasteiger partial charge is 0.298 e. The van der Waals surface area contributed by atoms with Gasteiger partial charge in [-0.3, -0.25) is 4.79 Å². The number of carbonyl (C=O) groups excluding carboxylic acids is 1. The molecule has 104 valence electrons. The van der Waals surface area contributed by atoms with Crippen LogP contribution in [0.1, 0.15) is 25.3 Å². The van der Waals surface area contributed by atoms with Crippen LogP contribution in [0.15, 0.2) is 65.6 Å². The van der Waals surface area contributed by atoms with Gasteiger partial charge in [0, 0.05) is 11.3 Å². The molecule has 2 rings (SSSR count). The lowest BCUT2D eigenvalue weighted by molar-refractivity contribution is -0.118. The molecule has 2 aromatic rings. The fraction of sp³-hybridized carbons (Fsp3) is 0.278. The van der Waals surface area contributed by atoms with E-state index >= 15 is 0 Å². The van der Waals surface area contributed by atoms with Gasteiger partial charge in [-0.05, 0) is 30.5 Å². The highest BCUT2D eigenvalue weighted by atomic mass is 32.2. The summed E-state index contributed by atoms with van der Waals surface area (Å²) in [5.41, 5.74) is 1.23. The van der Waals surface area contributed by atoms with Gasteiger partial charge in [0.2, 0.25) is 0 Å². The summed E-state index contributed by atoms with van der Waals surface area (Å²) in [6, 6.07) is 20.5. The lowest BCUT2D eigenvalue weighted by atomic mass is 10.0. The zero-order chi connectivity index (χ0) is 14.2. The summed E-state index contributed by atoms with van der Waals surface area (Å²) in [5, 5.41) is 0.0137. The molecule has 0 aliphatic heterocycles. The van der Waals surface area contributed by atoms with E-state index in [1.807, 2.05) is 36.4 Å². The topological polar surface area (TPSA) is 17.1 Å². The molecule has 0 aromatic heterocycles. The van der Waals surface area contributed by atoms with Crippen molar-refractivity contribution < 1.29 is 4.79 Å². The number of benzene rings is 2. The highest BCUT2D eigenvalue weighted by Gasteiger charge is 2.19. The average molecular weight is 284 g/mol. The minimum atomic E-state index is 0.0137. The van der Waals surface area contributed by atoms with Crippen LogP contribution >= 0.6 is 11.8 Å². The molecule has 0 heterocycles. The van der Waals surface area contributed by atoms with Crippen LogP contribution in [0, 0.1) is 0 Å².